The van der Waals surface area contributed by atoms with Crippen molar-refractivity contribution < 1.29 is 24.2 Å². The largest absolute Gasteiger partial charge is 0.441 e. The van der Waals surface area contributed by atoms with Gasteiger partial charge in [0.25, 0.3) is 11.8 Å². The van der Waals surface area contributed by atoms with Crippen LogP contribution in [0.5, 0.6) is 0 Å². The molecule has 44 heavy (non-hydrogen) atoms. The molecule has 0 bridgehead atoms. The van der Waals surface area contributed by atoms with E-state index >= 15 is 0 Å². The SMILES string of the molecule is CN(C)c1ccc(CNC(=O)OC2Cn3c4ccccc4c4c5c(c6c7ccccc7n(c6c43)CC2O)C(=O)NC5=O)cc1. The van der Waals surface area contributed by atoms with Crippen LogP contribution in [0.3, 0.4) is 0 Å². The zero-order valence-corrected chi connectivity index (χ0v) is 24.1. The molecule has 2 aromatic heterocycles. The lowest BCUT2D eigenvalue weighted by Crippen LogP contribution is -2.41. The minimum atomic E-state index is -1.06. The number of aromatic nitrogens is 2. The topological polar surface area (TPSA) is 118 Å². The van der Waals surface area contributed by atoms with Gasteiger partial charge >= 0.3 is 6.09 Å². The molecular weight excluding hydrogens is 558 g/mol. The lowest BCUT2D eigenvalue weighted by atomic mass is 9.96. The van der Waals surface area contributed by atoms with Crippen molar-refractivity contribution in [1.29, 1.82) is 0 Å². The second-order valence-electron chi connectivity index (χ2n) is 11.7. The fourth-order valence-electron chi connectivity index (χ4n) is 6.90. The maximum Gasteiger partial charge on any atom is 0.407 e. The number of amides is 3. The Hall–Kier alpha value is -5.35. The number of carbonyl (C=O) groups excluding carboxylic acids is 3. The van der Waals surface area contributed by atoms with Crippen molar-refractivity contribution in [3.63, 3.8) is 0 Å². The highest BCUT2D eigenvalue weighted by atomic mass is 16.6. The first kappa shape index (κ1) is 26.3. The molecule has 4 heterocycles. The van der Waals surface area contributed by atoms with E-state index in [2.05, 4.69) is 10.6 Å². The molecule has 10 nitrogen and oxygen atoms in total. The van der Waals surface area contributed by atoms with E-state index < -0.39 is 30.1 Å². The Balaban J connectivity index is 1.27. The molecule has 3 N–H and O–H groups in total. The highest BCUT2D eigenvalue weighted by molar-refractivity contribution is 6.39. The molecular formula is C34H29N5O5. The molecule has 0 spiro atoms. The second-order valence-corrected chi connectivity index (χ2v) is 11.7. The Labute approximate surface area is 251 Å². The van der Waals surface area contributed by atoms with Crippen LogP contribution in [0.4, 0.5) is 10.5 Å². The summed E-state index contributed by atoms with van der Waals surface area (Å²) in [7, 11) is 3.93. The van der Waals surface area contributed by atoms with Gasteiger partial charge in [0, 0.05) is 58.9 Å². The monoisotopic (exact) mass is 587 g/mol. The number of hydrogen-bond acceptors (Lipinski definition) is 6. The van der Waals surface area contributed by atoms with E-state index in [1.807, 2.05) is 101 Å². The molecule has 3 amide bonds. The molecule has 2 unspecified atom stereocenters. The van der Waals surface area contributed by atoms with Crippen LogP contribution in [0, 0.1) is 0 Å². The predicted molar refractivity (Wildman–Crippen MR) is 168 cm³/mol. The van der Waals surface area contributed by atoms with Gasteiger partial charge in [-0.3, -0.25) is 14.9 Å². The van der Waals surface area contributed by atoms with Crippen molar-refractivity contribution >= 4 is 67.2 Å². The maximum absolute atomic E-state index is 13.3. The first-order valence-corrected chi connectivity index (χ1v) is 14.5. The lowest BCUT2D eigenvalue weighted by molar-refractivity contribution is -0.0124. The smallest absolute Gasteiger partial charge is 0.407 e. The molecule has 2 aliphatic heterocycles. The molecule has 10 heteroatoms. The van der Waals surface area contributed by atoms with Gasteiger partial charge in [0.15, 0.2) is 0 Å². The molecule has 0 radical (unpaired) electrons. The minimum Gasteiger partial charge on any atom is -0.441 e. The number of aliphatic hydroxyl groups excluding tert-OH is 1. The normalized spacial score (nSPS) is 17.7. The molecule has 6 aromatic rings. The van der Waals surface area contributed by atoms with Gasteiger partial charge in [0.2, 0.25) is 0 Å². The third-order valence-electron chi connectivity index (χ3n) is 8.91. The van der Waals surface area contributed by atoms with E-state index in [-0.39, 0.29) is 19.6 Å². The molecule has 220 valence electrons. The number of para-hydroxylation sites is 2. The molecule has 0 aliphatic carbocycles. The van der Waals surface area contributed by atoms with Gasteiger partial charge in [-0.1, -0.05) is 48.5 Å². The highest BCUT2D eigenvalue weighted by Gasteiger charge is 2.39. The number of rotatable bonds is 4. The number of alkyl carbamates (subject to hydrolysis) is 1. The van der Waals surface area contributed by atoms with E-state index in [0.717, 1.165) is 44.1 Å². The molecule has 2 aliphatic rings. The quantitative estimate of drug-likeness (QED) is 0.261. The Morgan fingerprint density at radius 1 is 0.864 bits per heavy atom. The van der Waals surface area contributed by atoms with Crippen molar-refractivity contribution in [2.24, 2.45) is 0 Å². The maximum atomic E-state index is 13.3. The van der Waals surface area contributed by atoms with Crippen LogP contribution in [-0.4, -0.2) is 58.5 Å². The van der Waals surface area contributed by atoms with Crippen LogP contribution < -0.4 is 15.5 Å². The number of ether oxygens (including phenoxy) is 1. The van der Waals surface area contributed by atoms with Crippen LogP contribution >= 0.6 is 0 Å². The first-order chi connectivity index (χ1) is 21.3. The summed E-state index contributed by atoms with van der Waals surface area (Å²) in [4.78, 5) is 41.7. The van der Waals surface area contributed by atoms with E-state index in [9.17, 15) is 19.5 Å². The summed E-state index contributed by atoms with van der Waals surface area (Å²) in [6.45, 7) is 0.549. The van der Waals surface area contributed by atoms with E-state index in [4.69, 9.17) is 4.74 Å². The summed E-state index contributed by atoms with van der Waals surface area (Å²) in [6.07, 6.45) is -2.61. The summed E-state index contributed by atoms with van der Waals surface area (Å²) in [5.41, 5.74) is 5.84. The highest BCUT2D eigenvalue weighted by Crippen LogP contribution is 2.45. The van der Waals surface area contributed by atoms with Gasteiger partial charge in [0.05, 0.1) is 35.2 Å². The van der Waals surface area contributed by atoms with Crippen LogP contribution in [-0.2, 0) is 24.4 Å². The number of nitrogens with one attached hydrogen (secondary N) is 2. The van der Waals surface area contributed by atoms with Crippen LogP contribution in [0.1, 0.15) is 26.3 Å². The molecule has 0 fully saturated rings. The zero-order valence-electron chi connectivity index (χ0n) is 24.1. The predicted octanol–water partition coefficient (Wildman–Crippen LogP) is 4.52. The van der Waals surface area contributed by atoms with Crippen molar-refractivity contribution in [2.75, 3.05) is 19.0 Å². The third kappa shape index (κ3) is 3.74. The zero-order chi connectivity index (χ0) is 30.3. The number of imide groups is 1. The number of benzene rings is 4. The fourth-order valence-corrected chi connectivity index (χ4v) is 6.90. The van der Waals surface area contributed by atoms with Gasteiger partial charge < -0.3 is 29.2 Å². The van der Waals surface area contributed by atoms with Crippen LogP contribution in [0.25, 0.3) is 43.6 Å². The van der Waals surface area contributed by atoms with E-state index in [1.54, 1.807) is 0 Å². The van der Waals surface area contributed by atoms with Gasteiger partial charge in [0.1, 0.15) is 12.2 Å². The molecule has 0 saturated carbocycles. The summed E-state index contributed by atoms with van der Waals surface area (Å²) >= 11 is 0. The molecule has 0 saturated heterocycles. The molecule has 8 rings (SSSR count). The van der Waals surface area contributed by atoms with Gasteiger partial charge in [-0.25, -0.2) is 4.79 Å². The summed E-state index contributed by atoms with van der Waals surface area (Å²) in [5.74, 6) is -0.858. The number of aliphatic hydroxyl groups is 1. The number of fused-ring (bicyclic) bond motifs is 9. The number of anilines is 1. The second kappa shape index (κ2) is 9.58. The van der Waals surface area contributed by atoms with Crippen molar-refractivity contribution in [3.05, 3.63) is 89.5 Å². The summed E-state index contributed by atoms with van der Waals surface area (Å²) in [5, 5.41) is 19.9. The van der Waals surface area contributed by atoms with E-state index in [1.165, 1.54) is 0 Å². The number of hydrogen-bond donors (Lipinski definition) is 3. The fraction of sp³-hybridized carbons (Fsp3) is 0.206. The van der Waals surface area contributed by atoms with Crippen LogP contribution in [0.2, 0.25) is 0 Å². The Morgan fingerprint density at radius 2 is 1.41 bits per heavy atom. The average Bonchev–Trinajstić information content (AvgIpc) is 3.62. The number of carbonyl (C=O) groups is 3. The summed E-state index contributed by atoms with van der Waals surface area (Å²) < 4.78 is 9.93. The van der Waals surface area contributed by atoms with Gasteiger partial charge in [-0.05, 0) is 29.8 Å². The van der Waals surface area contributed by atoms with Gasteiger partial charge in [-0.2, -0.15) is 0 Å². The average molecular weight is 588 g/mol. The summed E-state index contributed by atoms with van der Waals surface area (Å²) in [6, 6.07) is 23.2. The van der Waals surface area contributed by atoms with Crippen molar-refractivity contribution in [2.45, 2.75) is 31.8 Å². The first-order valence-electron chi connectivity index (χ1n) is 14.5. The van der Waals surface area contributed by atoms with Crippen molar-refractivity contribution in [1.82, 2.24) is 19.8 Å². The number of nitrogens with zero attached hydrogens (tertiary/aromatic N) is 3. The molecule has 4 aromatic carbocycles. The Morgan fingerprint density at radius 3 is 1.98 bits per heavy atom. The lowest BCUT2D eigenvalue weighted by Gasteiger charge is -2.28. The minimum absolute atomic E-state index is 0.124. The molecule has 2 atom stereocenters. The Kier molecular flexibility index (Phi) is 5.73. The van der Waals surface area contributed by atoms with E-state index in [0.29, 0.717) is 21.9 Å². The standard InChI is InChI=1S/C34H29N5O5/c1-37(2)19-13-11-18(12-14-19)15-35-34(43)44-25-17-39-23-10-6-4-8-21(23)27-29-28(32(41)36-33(29)42)26-20-7-3-5-9-22(20)38(16-24(25)40)30(26)31(27)39/h3-14,24-25,40H,15-17H2,1-2H3,(H,35,43)(H,36,41,42). The third-order valence-corrected chi connectivity index (χ3v) is 8.91. The van der Waals surface area contributed by atoms with Crippen molar-refractivity contribution in [3.8, 4) is 0 Å². The van der Waals surface area contributed by atoms with Crippen LogP contribution in [0.15, 0.2) is 72.8 Å². The Bertz CT molecular complexity index is 2190. The van der Waals surface area contributed by atoms with Gasteiger partial charge in [-0.15, -0.1) is 0 Å².